The number of nitrogens with two attached hydrogens (primary N) is 1. The van der Waals surface area contributed by atoms with Crippen LogP contribution < -0.4 is 5.73 Å². The fourth-order valence-electron chi connectivity index (χ4n) is 1.84. The van der Waals surface area contributed by atoms with Crippen LogP contribution in [0.5, 0.6) is 0 Å². The van der Waals surface area contributed by atoms with Crippen molar-refractivity contribution in [1.82, 2.24) is 0 Å². The summed E-state index contributed by atoms with van der Waals surface area (Å²) in [6.45, 7) is 1.90. The molecule has 0 radical (unpaired) electrons. The van der Waals surface area contributed by atoms with E-state index in [9.17, 15) is 4.39 Å². The molecule has 18 heavy (non-hydrogen) atoms. The van der Waals surface area contributed by atoms with Gasteiger partial charge in [0.15, 0.2) is 0 Å². The topological polar surface area (TPSA) is 26.0 Å². The minimum atomic E-state index is -0.574. The van der Waals surface area contributed by atoms with Gasteiger partial charge in [-0.05, 0) is 40.0 Å². The van der Waals surface area contributed by atoms with Crippen molar-refractivity contribution in [2.24, 2.45) is 5.73 Å². The van der Waals surface area contributed by atoms with E-state index in [0.717, 1.165) is 11.1 Å². The molecule has 0 aliphatic heterocycles. The molecule has 2 rings (SSSR count). The first-order valence-electron chi connectivity index (χ1n) is 5.47. The number of rotatable bonds is 2. The Bertz CT molecular complexity index is 535. The maximum absolute atomic E-state index is 14.0. The second-order valence-electron chi connectivity index (χ2n) is 4.10. The van der Waals surface area contributed by atoms with Crippen molar-refractivity contribution in [1.29, 1.82) is 0 Å². The van der Waals surface area contributed by atoms with Crippen LogP contribution in [-0.4, -0.2) is 0 Å². The van der Waals surface area contributed by atoms with Gasteiger partial charge in [-0.3, -0.25) is 0 Å². The number of hydrogen-bond donors (Lipinski definition) is 1. The maximum Gasteiger partial charge on any atom is 0.142 e. The molecule has 4 heteroatoms. The summed E-state index contributed by atoms with van der Waals surface area (Å²) < 4.78 is 14.4. The average Bonchev–Trinajstić information content (AvgIpc) is 2.35. The summed E-state index contributed by atoms with van der Waals surface area (Å²) in [5.74, 6) is -0.345. The van der Waals surface area contributed by atoms with Crippen molar-refractivity contribution >= 4 is 27.5 Å². The number of halogens is 3. The largest absolute Gasteiger partial charge is 0.320 e. The van der Waals surface area contributed by atoms with E-state index in [-0.39, 0.29) is 5.82 Å². The molecule has 0 saturated heterocycles. The normalized spacial score (nSPS) is 12.5. The molecular formula is C14H12BrClFN. The van der Waals surface area contributed by atoms with E-state index in [1.54, 1.807) is 18.2 Å². The summed E-state index contributed by atoms with van der Waals surface area (Å²) in [4.78, 5) is 0. The third-order valence-corrected chi connectivity index (χ3v) is 4.00. The standard InChI is InChI=1S/C14H12BrClFN/c1-8-4-2-5-9(12(8)16)14(18)10-6-3-7-11(15)13(10)17/h2-7,14H,18H2,1H3. The Hall–Kier alpha value is -0.900. The summed E-state index contributed by atoms with van der Waals surface area (Å²) in [6, 6.07) is 10.1. The van der Waals surface area contributed by atoms with Gasteiger partial charge in [0, 0.05) is 10.6 Å². The molecular weight excluding hydrogens is 317 g/mol. The second-order valence-corrected chi connectivity index (χ2v) is 5.33. The molecule has 0 aromatic heterocycles. The lowest BCUT2D eigenvalue weighted by atomic mass is 9.97. The van der Waals surface area contributed by atoms with Crippen LogP contribution in [0.2, 0.25) is 5.02 Å². The van der Waals surface area contributed by atoms with Crippen LogP contribution in [0.15, 0.2) is 40.9 Å². The van der Waals surface area contributed by atoms with Gasteiger partial charge in [-0.15, -0.1) is 0 Å². The molecule has 1 nitrogen and oxygen atoms in total. The zero-order valence-electron chi connectivity index (χ0n) is 9.75. The van der Waals surface area contributed by atoms with Crippen LogP contribution in [0, 0.1) is 12.7 Å². The Morgan fingerprint density at radius 1 is 1.17 bits per heavy atom. The van der Waals surface area contributed by atoms with E-state index in [4.69, 9.17) is 17.3 Å². The minimum absolute atomic E-state index is 0.345. The van der Waals surface area contributed by atoms with Crippen molar-refractivity contribution in [3.63, 3.8) is 0 Å². The van der Waals surface area contributed by atoms with Crippen LogP contribution in [0.25, 0.3) is 0 Å². The molecule has 0 fully saturated rings. The van der Waals surface area contributed by atoms with Gasteiger partial charge in [0.05, 0.1) is 10.5 Å². The first-order valence-corrected chi connectivity index (χ1v) is 6.64. The molecule has 0 heterocycles. The van der Waals surface area contributed by atoms with E-state index in [0.29, 0.717) is 15.1 Å². The highest BCUT2D eigenvalue weighted by atomic mass is 79.9. The smallest absolute Gasteiger partial charge is 0.142 e. The van der Waals surface area contributed by atoms with Crippen LogP contribution in [0.3, 0.4) is 0 Å². The first-order chi connectivity index (χ1) is 8.52. The molecule has 94 valence electrons. The van der Waals surface area contributed by atoms with Gasteiger partial charge in [-0.2, -0.15) is 0 Å². The van der Waals surface area contributed by atoms with Gasteiger partial charge < -0.3 is 5.73 Å². The highest BCUT2D eigenvalue weighted by Gasteiger charge is 2.18. The van der Waals surface area contributed by atoms with Crippen molar-refractivity contribution in [2.45, 2.75) is 13.0 Å². The van der Waals surface area contributed by atoms with Crippen LogP contribution >= 0.6 is 27.5 Å². The molecule has 0 saturated carbocycles. The van der Waals surface area contributed by atoms with Crippen molar-refractivity contribution < 1.29 is 4.39 Å². The van der Waals surface area contributed by atoms with E-state index in [1.165, 1.54) is 0 Å². The van der Waals surface area contributed by atoms with Crippen molar-refractivity contribution in [2.75, 3.05) is 0 Å². The lowest BCUT2D eigenvalue weighted by Gasteiger charge is -2.16. The molecule has 0 aliphatic rings. The Labute approximate surface area is 119 Å². The third-order valence-electron chi connectivity index (χ3n) is 2.87. The Morgan fingerprint density at radius 2 is 1.78 bits per heavy atom. The number of aryl methyl sites for hydroxylation is 1. The molecule has 0 spiro atoms. The summed E-state index contributed by atoms with van der Waals surface area (Å²) in [5, 5.41) is 0.587. The van der Waals surface area contributed by atoms with Gasteiger partial charge in [-0.1, -0.05) is 41.9 Å². The Morgan fingerprint density at radius 3 is 2.50 bits per heavy atom. The average molecular weight is 329 g/mol. The van der Waals surface area contributed by atoms with Crippen molar-refractivity contribution in [3.8, 4) is 0 Å². The maximum atomic E-state index is 14.0. The highest BCUT2D eigenvalue weighted by molar-refractivity contribution is 9.10. The fraction of sp³-hybridized carbons (Fsp3) is 0.143. The zero-order valence-corrected chi connectivity index (χ0v) is 12.1. The predicted molar refractivity (Wildman–Crippen MR) is 76.3 cm³/mol. The fourth-order valence-corrected chi connectivity index (χ4v) is 2.46. The first kappa shape index (κ1) is 13.5. The third kappa shape index (κ3) is 2.44. The van der Waals surface area contributed by atoms with Crippen LogP contribution in [-0.2, 0) is 0 Å². The molecule has 0 amide bonds. The van der Waals surface area contributed by atoms with Gasteiger partial charge in [-0.25, -0.2) is 4.39 Å². The Balaban J connectivity index is 2.51. The predicted octanol–water partition coefficient (Wildman–Crippen LogP) is 4.60. The molecule has 0 bridgehead atoms. The molecule has 1 unspecified atom stereocenters. The van der Waals surface area contributed by atoms with E-state index < -0.39 is 6.04 Å². The molecule has 1 atom stereocenters. The van der Waals surface area contributed by atoms with Gasteiger partial charge in [0.25, 0.3) is 0 Å². The lowest BCUT2D eigenvalue weighted by Crippen LogP contribution is -2.14. The number of hydrogen-bond acceptors (Lipinski definition) is 1. The van der Waals surface area contributed by atoms with Crippen LogP contribution in [0.1, 0.15) is 22.7 Å². The summed E-state index contributed by atoms with van der Waals surface area (Å²) >= 11 is 9.37. The minimum Gasteiger partial charge on any atom is -0.320 e. The summed E-state index contributed by atoms with van der Waals surface area (Å²) in [5.41, 5.74) is 8.20. The van der Waals surface area contributed by atoms with Gasteiger partial charge in [0.1, 0.15) is 5.82 Å². The van der Waals surface area contributed by atoms with E-state index in [1.807, 2.05) is 25.1 Å². The molecule has 2 aromatic carbocycles. The molecule has 2 aromatic rings. The second kappa shape index (κ2) is 5.39. The lowest BCUT2D eigenvalue weighted by molar-refractivity contribution is 0.593. The van der Waals surface area contributed by atoms with Gasteiger partial charge in [0.2, 0.25) is 0 Å². The van der Waals surface area contributed by atoms with E-state index in [2.05, 4.69) is 15.9 Å². The Kier molecular flexibility index (Phi) is 4.05. The quantitative estimate of drug-likeness (QED) is 0.856. The molecule has 0 aliphatic carbocycles. The van der Waals surface area contributed by atoms with Crippen LogP contribution in [0.4, 0.5) is 4.39 Å². The molecule has 2 N–H and O–H groups in total. The zero-order chi connectivity index (χ0) is 13.3. The van der Waals surface area contributed by atoms with Crippen molar-refractivity contribution in [3.05, 3.63) is 68.4 Å². The van der Waals surface area contributed by atoms with E-state index >= 15 is 0 Å². The van der Waals surface area contributed by atoms with Gasteiger partial charge >= 0.3 is 0 Å². The number of benzene rings is 2. The SMILES string of the molecule is Cc1cccc(C(N)c2cccc(Br)c2F)c1Cl. The summed E-state index contributed by atoms with van der Waals surface area (Å²) in [7, 11) is 0. The summed E-state index contributed by atoms with van der Waals surface area (Å²) in [6.07, 6.45) is 0. The monoisotopic (exact) mass is 327 g/mol. The highest BCUT2D eigenvalue weighted by Crippen LogP contribution is 2.31.